The molecule has 7 unspecified atom stereocenters. The lowest BCUT2D eigenvalue weighted by Crippen LogP contribution is -2.34. The number of nitrogens with one attached hydrogen (secondary N) is 5. The van der Waals surface area contributed by atoms with Gasteiger partial charge in [-0.1, -0.05) is 309 Å². The third kappa shape index (κ3) is 72.3. The van der Waals surface area contributed by atoms with E-state index in [0.29, 0.717) is 38.5 Å². The molecule has 0 fully saturated rings. The maximum atomic E-state index is 11.6. The Labute approximate surface area is 722 Å². The van der Waals surface area contributed by atoms with Crippen LogP contribution in [0.2, 0.25) is 0 Å². The third-order valence-corrected chi connectivity index (χ3v) is 16.5. The summed E-state index contributed by atoms with van der Waals surface area (Å²) in [5.41, 5.74) is 20.1. The summed E-state index contributed by atoms with van der Waals surface area (Å²) in [6, 6.07) is 70.8. The van der Waals surface area contributed by atoms with E-state index in [9.17, 15) is 33.6 Å². The minimum absolute atomic E-state index is 0.00917. The number of carboxylic acids is 1. The molecular formula is C98H164N10O11. The van der Waals surface area contributed by atoms with E-state index in [1.54, 1.807) is 64.0 Å². The molecule has 0 radical (unpaired) electrons. The fourth-order valence-electron chi connectivity index (χ4n) is 10.1. The summed E-state index contributed by atoms with van der Waals surface area (Å²) >= 11 is 0. The van der Waals surface area contributed by atoms with E-state index in [2.05, 4.69) is 89.3 Å². The van der Waals surface area contributed by atoms with Gasteiger partial charge >= 0.3 is 23.9 Å². The van der Waals surface area contributed by atoms with Crippen LogP contribution in [0.3, 0.4) is 0 Å². The topological polar surface area (TPSA) is 289 Å². The number of carboxylic acid groups (broad SMARTS) is 1. The molecular weight excluding hydrogens is 1490 g/mol. The van der Waals surface area contributed by atoms with Crippen LogP contribution < -0.4 is 38.1 Å². The summed E-state index contributed by atoms with van der Waals surface area (Å²) < 4.78 is 13.8. The van der Waals surface area contributed by atoms with Gasteiger partial charge in [-0.15, -0.1) is 0 Å². The molecule has 7 aromatic carbocycles. The highest BCUT2D eigenvalue weighted by Crippen LogP contribution is 2.13. The Morgan fingerprint density at radius 1 is 0.269 bits per heavy atom. The van der Waals surface area contributed by atoms with Crippen LogP contribution in [0.15, 0.2) is 212 Å². The molecule has 7 aromatic rings. The van der Waals surface area contributed by atoms with Crippen LogP contribution in [-0.2, 0) is 92.7 Å². The van der Waals surface area contributed by atoms with Crippen LogP contribution in [0.25, 0.3) is 0 Å². The highest BCUT2D eigenvalue weighted by atomic mass is 16.5. The number of nitrogens with zero attached hydrogens (tertiary/aromatic N) is 3. The zero-order chi connectivity index (χ0) is 92.2. The average molecular weight is 1660 g/mol. The lowest BCUT2D eigenvalue weighted by atomic mass is 10.0. The van der Waals surface area contributed by atoms with Gasteiger partial charge in [0.15, 0.2) is 0 Å². The molecule has 0 aliphatic rings. The first-order chi connectivity index (χ1) is 57.3. The molecule has 10 N–H and O–H groups in total. The third-order valence-electron chi connectivity index (χ3n) is 16.5. The van der Waals surface area contributed by atoms with E-state index in [1.807, 2.05) is 289 Å². The van der Waals surface area contributed by atoms with Gasteiger partial charge in [0.05, 0.1) is 47.0 Å². The number of aliphatic carboxylic acids is 1. The van der Waals surface area contributed by atoms with E-state index in [1.165, 1.54) is 49.1 Å². The zero-order valence-electron chi connectivity index (χ0n) is 78.7. The molecule has 672 valence electrons. The monoisotopic (exact) mass is 1660 g/mol. The predicted molar refractivity (Wildman–Crippen MR) is 503 cm³/mol. The van der Waals surface area contributed by atoms with Gasteiger partial charge in [-0.2, -0.15) is 0 Å². The Bertz CT molecular complexity index is 3260. The predicted octanol–water partition coefficient (Wildman–Crippen LogP) is 16.0. The molecule has 0 saturated carbocycles. The maximum Gasteiger partial charge on any atom is 0.307 e. The van der Waals surface area contributed by atoms with Crippen LogP contribution in [0, 0.1) is 0 Å². The van der Waals surface area contributed by atoms with Gasteiger partial charge in [0.1, 0.15) is 0 Å². The van der Waals surface area contributed by atoms with Crippen molar-refractivity contribution in [2.45, 2.75) is 229 Å². The van der Waals surface area contributed by atoms with Gasteiger partial charge in [-0.05, 0) is 119 Å². The lowest BCUT2D eigenvalue weighted by Gasteiger charge is -2.18. The Morgan fingerprint density at radius 3 is 0.605 bits per heavy atom. The van der Waals surface area contributed by atoms with Crippen molar-refractivity contribution in [1.29, 1.82) is 0 Å². The van der Waals surface area contributed by atoms with E-state index in [0.717, 1.165) is 49.7 Å². The number of nitrogens with two attached hydrogens (primary N) is 2. The van der Waals surface area contributed by atoms with E-state index in [4.69, 9.17) is 16.6 Å². The summed E-state index contributed by atoms with van der Waals surface area (Å²) in [5.74, 6) is -0.965. The number of carbonyl (C=O) groups excluding carboxylic acids is 6. The molecule has 0 aliphatic heterocycles. The van der Waals surface area contributed by atoms with Gasteiger partial charge in [0, 0.05) is 104 Å². The Morgan fingerprint density at radius 2 is 0.429 bits per heavy atom. The number of ether oxygens (including phenoxy) is 3. The number of carbonyl (C=O) groups is 7. The van der Waals surface area contributed by atoms with Gasteiger partial charge in [-0.3, -0.25) is 33.6 Å². The van der Waals surface area contributed by atoms with E-state index in [-0.39, 0.29) is 90.8 Å². The summed E-state index contributed by atoms with van der Waals surface area (Å²) in [6.45, 7) is 28.0. The second kappa shape index (κ2) is 87.9. The van der Waals surface area contributed by atoms with Crippen LogP contribution in [0.4, 0.5) is 0 Å². The second-order valence-electron chi connectivity index (χ2n) is 25.7. The van der Waals surface area contributed by atoms with E-state index >= 15 is 0 Å². The number of benzene rings is 7. The highest BCUT2D eigenvalue weighted by molar-refractivity contribution is 5.77. The van der Waals surface area contributed by atoms with Crippen LogP contribution in [0.1, 0.15) is 181 Å². The zero-order valence-corrected chi connectivity index (χ0v) is 78.7. The Balaban J connectivity index is -0.000000240. The van der Waals surface area contributed by atoms with E-state index < -0.39 is 5.97 Å². The van der Waals surface area contributed by atoms with Gasteiger partial charge in [0.25, 0.3) is 0 Å². The van der Waals surface area contributed by atoms with Gasteiger partial charge in [-0.25, -0.2) is 0 Å². The van der Waals surface area contributed by atoms with Crippen molar-refractivity contribution in [1.82, 2.24) is 41.3 Å². The smallest absolute Gasteiger partial charge is 0.307 e. The van der Waals surface area contributed by atoms with Crippen molar-refractivity contribution in [3.05, 3.63) is 251 Å². The molecule has 0 saturated heterocycles. The molecule has 21 heteroatoms. The molecule has 119 heavy (non-hydrogen) atoms. The largest absolute Gasteiger partial charge is 0.481 e. The number of likely N-dealkylation sites (N-methyl/N-ethyl adjacent to an activating group) is 5. The van der Waals surface area contributed by atoms with Gasteiger partial charge in [0.2, 0.25) is 17.7 Å². The highest BCUT2D eigenvalue weighted by Gasteiger charge is 2.18. The maximum absolute atomic E-state index is 11.6. The summed E-state index contributed by atoms with van der Waals surface area (Å²) in [5, 5.41) is 24.3. The first-order valence-corrected chi connectivity index (χ1v) is 42.5. The molecule has 0 aromatic heterocycles. The second-order valence-corrected chi connectivity index (χ2v) is 25.7. The number of amides is 3. The van der Waals surface area contributed by atoms with Crippen molar-refractivity contribution in [3.63, 3.8) is 0 Å². The number of hydrogen-bond donors (Lipinski definition) is 8. The summed E-state index contributed by atoms with van der Waals surface area (Å²) in [6.07, 6.45) is 8.38. The standard InChI is InChI=1S/2C13H20N2O.C12H18N2O.2C12H17NO2.2C11H15NO2.7C2H6/c2*1-14-12(10-13(16)15(2)3)9-11-7-5-4-6-8-11;1-14(2)12(15)9-11(13)8-10-6-4-3-5-7-10;2*1-13-11(9-12(14)15-2)8-10-6-4-3-5-7-10;1-14-11(13)8-10(12)7-9-5-3-2-4-6-9;1-12-10(8-11(13)14)7-9-5-3-2-4-6-9;7*1-2/h2*4-8,12,14H,9-10H2,1-3H3;3-7,11H,8-9,13H2,1-2H3;2*3-7,11,13H,8-9H2,1-2H3;2-6,10H,7-8,12H2,1H3;2-6,10,12H,7-8H2,1H3,(H,13,14);7*1-2H3. The summed E-state index contributed by atoms with van der Waals surface area (Å²) in [4.78, 5) is 83.1. The van der Waals surface area contributed by atoms with Crippen LogP contribution in [0.5, 0.6) is 0 Å². The van der Waals surface area contributed by atoms with Crippen LogP contribution in [-0.4, -0.2) is 203 Å². The molecule has 0 bridgehead atoms. The molecule has 0 aliphatic carbocycles. The first-order valence-electron chi connectivity index (χ1n) is 42.5. The van der Waals surface area contributed by atoms with Gasteiger partial charge < -0.3 is 72.1 Å². The molecule has 21 nitrogen and oxygen atoms in total. The minimum Gasteiger partial charge on any atom is -0.481 e. The molecule has 3 amide bonds. The van der Waals surface area contributed by atoms with Crippen molar-refractivity contribution in [2.75, 3.05) is 98.9 Å². The minimum atomic E-state index is -0.764. The molecule has 0 heterocycles. The molecule has 7 rings (SSSR count). The molecule has 0 spiro atoms. The fourth-order valence-corrected chi connectivity index (χ4v) is 10.1. The number of esters is 3. The Kier molecular flexibility index (Phi) is 90.6. The number of rotatable bonds is 33. The van der Waals surface area contributed by atoms with Crippen molar-refractivity contribution in [3.8, 4) is 0 Å². The van der Waals surface area contributed by atoms with Crippen LogP contribution >= 0.6 is 0 Å². The SMILES string of the molecule is CC.CC.CC.CC.CC.CC.CC.CN(C)C(=O)CC(N)Cc1ccccc1.CNC(CC(=O)N(C)C)Cc1ccccc1.CNC(CC(=O)N(C)C)Cc1ccccc1.CNC(CC(=O)O)Cc1ccccc1.CNC(CC(=O)OC)Cc1ccccc1.CNC(CC(=O)OC)Cc1ccccc1.COC(=O)CC(N)Cc1ccccc1. The summed E-state index contributed by atoms with van der Waals surface area (Å²) in [7, 11) is 24.2. The van der Waals surface area contributed by atoms with Crippen molar-refractivity contribution in [2.24, 2.45) is 11.5 Å². The average Bonchev–Trinajstić information content (AvgIpc) is 0.937. The van der Waals surface area contributed by atoms with Crippen molar-refractivity contribution >= 4 is 41.6 Å². The normalized spacial score (nSPS) is 11.1. The number of hydrogen-bond acceptors (Lipinski definition) is 17. The lowest BCUT2D eigenvalue weighted by molar-refractivity contribution is -0.142. The Hall–Kier alpha value is -9.45. The fraction of sp³-hybridized carbons (Fsp3) is 0.500. The first kappa shape index (κ1) is 123. The molecule has 7 atom stereocenters. The quantitative estimate of drug-likeness (QED) is 0.0140. The van der Waals surface area contributed by atoms with Crippen molar-refractivity contribution < 1.29 is 52.9 Å². The number of methoxy groups -OCH3 is 3.